The first-order valence-electron chi connectivity index (χ1n) is 9.20. The zero-order chi connectivity index (χ0) is 23.1. The number of amides is 1. The zero-order valence-corrected chi connectivity index (χ0v) is 17.2. The molecular weight excluding hydrogens is 437 g/mol. The SMILES string of the molecule is N#C/C(=C\c1cc(Cl)ccc1OCc1cccc(F)c1)C(=O)Nc1cccc([N+](=O)[O-])c1. The van der Waals surface area contributed by atoms with Crippen molar-refractivity contribution in [3.8, 4) is 11.8 Å². The Balaban J connectivity index is 1.83. The molecule has 0 aliphatic rings. The summed E-state index contributed by atoms with van der Waals surface area (Å²) >= 11 is 6.06. The maximum Gasteiger partial charge on any atom is 0.271 e. The monoisotopic (exact) mass is 451 g/mol. The van der Waals surface area contributed by atoms with E-state index in [1.165, 1.54) is 48.5 Å². The highest BCUT2D eigenvalue weighted by molar-refractivity contribution is 6.30. The van der Waals surface area contributed by atoms with E-state index in [0.29, 0.717) is 21.9 Å². The van der Waals surface area contributed by atoms with Gasteiger partial charge < -0.3 is 10.1 Å². The van der Waals surface area contributed by atoms with Crippen molar-refractivity contribution in [3.05, 3.63) is 104 Å². The third-order valence-electron chi connectivity index (χ3n) is 4.23. The Morgan fingerprint density at radius 3 is 2.69 bits per heavy atom. The van der Waals surface area contributed by atoms with Gasteiger partial charge in [-0.2, -0.15) is 5.26 Å². The number of rotatable bonds is 7. The Hall–Kier alpha value is -4.22. The van der Waals surface area contributed by atoms with Gasteiger partial charge in [-0.25, -0.2) is 4.39 Å². The molecular formula is C23H15ClFN3O4. The minimum atomic E-state index is -0.760. The number of non-ortho nitro benzene ring substituents is 1. The molecule has 0 saturated carbocycles. The van der Waals surface area contributed by atoms with Crippen molar-refractivity contribution in [2.24, 2.45) is 0 Å². The van der Waals surface area contributed by atoms with Crippen LogP contribution in [0.15, 0.2) is 72.3 Å². The van der Waals surface area contributed by atoms with Crippen LogP contribution in [0, 0.1) is 27.3 Å². The summed E-state index contributed by atoms with van der Waals surface area (Å²) in [4.78, 5) is 22.9. The number of ether oxygens (including phenoxy) is 1. The topological polar surface area (TPSA) is 105 Å². The lowest BCUT2D eigenvalue weighted by Gasteiger charge is -2.11. The van der Waals surface area contributed by atoms with E-state index >= 15 is 0 Å². The van der Waals surface area contributed by atoms with Gasteiger partial charge in [0.2, 0.25) is 0 Å². The lowest BCUT2D eigenvalue weighted by Crippen LogP contribution is -2.13. The summed E-state index contributed by atoms with van der Waals surface area (Å²) in [5, 5.41) is 23.2. The smallest absolute Gasteiger partial charge is 0.271 e. The van der Waals surface area contributed by atoms with Crippen molar-refractivity contribution < 1.29 is 18.8 Å². The van der Waals surface area contributed by atoms with Crippen LogP contribution in [0.2, 0.25) is 5.02 Å². The molecule has 160 valence electrons. The van der Waals surface area contributed by atoms with E-state index in [1.807, 2.05) is 0 Å². The van der Waals surface area contributed by atoms with Gasteiger partial charge in [0.25, 0.3) is 11.6 Å². The fraction of sp³-hybridized carbons (Fsp3) is 0.0435. The van der Waals surface area contributed by atoms with Gasteiger partial charge in [-0.05, 0) is 48.0 Å². The second-order valence-corrected chi connectivity index (χ2v) is 6.97. The van der Waals surface area contributed by atoms with Crippen molar-refractivity contribution in [3.63, 3.8) is 0 Å². The lowest BCUT2D eigenvalue weighted by molar-refractivity contribution is -0.384. The second-order valence-electron chi connectivity index (χ2n) is 6.53. The normalized spacial score (nSPS) is 10.8. The maximum atomic E-state index is 13.4. The Kier molecular flexibility index (Phi) is 7.16. The number of benzene rings is 3. The molecule has 0 aliphatic heterocycles. The molecule has 0 radical (unpaired) electrons. The van der Waals surface area contributed by atoms with Gasteiger partial charge in [-0.3, -0.25) is 14.9 Å². The average Bonchev–Trinajstić information content (AvgIpc) is 2.77. The molecule has 0 spiro atoms. The van der Waals surface area contributed by atoms with Gasteiger partial charge in [0.1, 0.15) is 29.8 Å². The molecule has 32 heavy (non-hydrogen) atoms. The van der Waals surface area contributed by atoms with Crippen molar-refractivity contribution >= 4 is 35.0 Å². The molecule has 1 amide bonds. The predicted molar refractivity (Wildman–Crippen MR) is 118 cm³/mol. The molecule has 0 heterocycles. The number of nitrogens with one attached hydrogen (secondary N) is 1. The molecule has 9 heteroatoms. The van der Waals surface area contributed by atoms with Gasteiger partial charge in [0.05, 0.1) is 4.92 Å². The molecule has 0 bridgehead atoms. The molecule has 0 atom stereocenters. The standard InChI is InChI=1S/C23H15ClFN3O4/c24-18-7-8-22(32-14-15-3-1-4-19(25)9-15)16(11-18)10-17(13-26)23(29)27-20-5-2-6-21(12-20)28(30)31/h1-12H,14H2,(H,27,29)/b17-10+. The number of nitro benzene ring substituents is 1. The minimum absolute atomic E-state index is 0.0575. The summed E-state index contributed by atoms with van der Waals surface area (Å²) < 4.78 is 19.1. The van der Waals surface area contributed by atoms with E-state index < -0.39 is 16.6 Å². The third kappa shape index (κ3) is 5.90. The van der Waals surface area contributed by atoms with Crippen LogP contribution >= 0.6 is 11.6 Å². The molecule has 7 nitrogen and oxygen atoms in total. The molecule has 3 rings (SSSR count). The summed E-state index contributed by atoms with van der Waals surface area (Å²) in [6, 6.07) is 17.7. The Morgan fingerprint density at radius 1 is 1.19 bits per heavy atom. The number of anilines is 1. The van der Waals surface area contributed by atoms with Gasteiger partial charge in [-0.1, -0.05) is 29.8 Å². The van der Waals surface area contributed by atoms with E-state index in [1.54, 1.807) is 30.3 Å². The van der Waals surface area contributed by atoms with Gasteiger partial charge in [0, 0.05) is 28.4 Å². The average molecular weight is 452 g/mol. The molecule has 3 aromatic carbocycles. The highest BCUT2D eigenvalue weighted by Crippen LogP contribution is 2.27. The quantitative estimate of drug-likeness (QED) is 0.220. The number of hydrogen-bond donors (Lipinski definition) is 1. The van der Waals surface area contributed by atoms with Crippen molar-refractivity contribution in [1.82, 2.24) is 0 Å². The number of nitro groups is 1. The number of hydrogen-bond acceptors (Lipinski definition) is 5. The first kappa shape index (κ1) is 22.5. The molecule has 0 unspecified atom stereocenters. The summed E-state index contributed by atoms with van der Waals surface area (Å²) in [6.07, 6.45) is 1.29. The molecule has 0 aromatic heterocycles. The minimum Gasteiger partial charge on any atom is -0.488 e. The second kappa shape index (κ2) is 10.2. The van der Waals surface area contributed by atoms with Crippen molar-refractivity contribution in [2.45, 2.75) is 6.61 Å². The van der Waals surface area contributed by atoms with Gasteiger partial charge >= 0.3 is 0 Å². The maximum absolute atomic E-state index is 13.4. The summed E-state index contributed by atoms with van der Waals surface area (Å²) in [7, 11) is 0. The summed E-state index contributed by atoms with van der Waals surface area (Å²) in [5.41, 5.74) is 0.653. The first-order chi connectivity index (χ1) is 15.4. The van der Waals surface area contributed by atoms with Crippen LogP contribution in [0.25, 0.3) is 6.08 Å². The van der Waals surface area contributed by atoms with Crippen molar-refractivity contribution in [2.75, 3.05) is 5.32 Å². The fourth-order valence-corrected chi connectivity index (χ4v) is 2.93. The van der Waals surface area contributed by atoms with E-state index in [4.69, 9.17) is 16.3 Å². The van der Waals surface area contributed by atoms with E-state index in [-0.39, 0.29) is 23.6 Å². The summed E-state index contributed by atoms with van der Waals surface area (Å²) in [6.45, 7) is 0.0575. The largest absolute Gasteiger partial charge is 0.488 e. The van der Waals surface area contributed by atoms with Crippen LogP contribution in [-0.4, -0.2) is 10.8 Å². The van der Waals surface area contributed by atoms with E-state index in [0.717, 1.165) is 0 Å². The third-order valence-corrected chi connectivity index (χ3v) is 4.47. The summed E-state index contributed by atoms with van der Waals surface area (Å²) in [5.74, 6) is -0.828. The number of carbonyl (C=O) groups excluding carboxylic acids is 1. The van der Waals surface area contributed by atoms with Crippen LogP contribution < -0.4 is 10.1 Å². The van der Waals surface area contributed by atoms with Crippen LogP contribution in [0.4, 0.5) is 15.8 Å². The number of nitriles is 1. The highest BCUT2D eigenvalue weighted by Gasteiger charge is 2.14. The van der Waals surface area contributed by atoms with Crippen LogP contribution in [0.1, 0.15) is 11.1 Å². The number of nitrogens with zero attached hydrogens (tertiary/aromatic N) is 2. The zero-order valence-electron chi connectivity index (χ0n) is 16.4. The Bertz CT molecular complexity index is 1250. The number of carbonyl (C=O) groups is 1. The van der Waals surface area contributed by atoms with Crippen LogP contribution in [0.3, 0.4) is 0 Å². The molecule has 0 fully saturated rings. The molecule has 0 aliphatic carbocycles. The highest BCUT2D eigenvalue weighted by atomic mass is 35.5. The van der Waals surface area contributed by atoms with Crippen LogP contribution in [0.5, 0.6) is 5.75 Å². The Labute approximate surface area is 187 Å². The Morgan fingerprint density at radius 2 is 1.97 bits per heavy atom. The molecule has 0 saturated heterocycles. The van der Waals surface area contributed by atoms with Crippen molar-refractivity contribution in [1.29, 1.82) is 5.26 Å². The fourth-order valence-electron chi connectivity index (χ4n) is 2.75. The molecule has 3 aromatic rings. The molecule has 1 N–H and O–H groups in total. The lowest BCUT2D eigenvalue weighted by atomic mass is 10.1. The number of halogens is 2. The van der Waals surface area contributed by atoms with Crippen LogP contribution in [-0.2, 0) is 11.4 Å². The first-order valence-corrected chi connectivity index (χ1v) is 9.58. The predicted octanol–water partition coefficient (Wildman–Crippen LogP) is 5.51. The van der Waals surface area contributed by atoms with E-state index in [9.17, 15) is 24.6 Å². The van der Waals surface area contributed by atoms with Gasteiger partial charge in [0.15, 0.2) is 0 Å². The van der Waals surface area contributed by atoms with E-state index in [2.05, 4.69) is 5.32 Å². The van der Waals surface area contributed by atoms with Gasteiger partial charge in [-0.15, -0.1) is 0 Å².